The molecule has 3 heteroatoms. The van der Waals surface area contributed by atoms with E-state index in [1.54, 1.807) is 0 Å². The molecule has 0 radical (unpaired) electrons. The normalized spacial score (nSPS) is 27.0. The lowest BCUT2D eigenvalue weighted by Crippen LogP contribution is -2.35. The molecule has 1 fully saturated rings. The third kappa shape index (κ3) is 3.78. The Bertz CT molecular complexity index is 340. The van der Waals surface area contributed by atoms with Crippen LogP contribution >= 0.6 is 11.3 Å². The summed E-state index contributed by atoms with van der Waals surface area (Å²) in [6, 6.07) is 0.745. The first-order chi connectivity index (χ1) is 8.15. The molecule has 1 aromatic rings. The molecule has 2 nitrogen and oxygen atoms in total. The second kappa shape index (κ2) is 5.96. The Labute approximate surface area is 109 Å². The van der Waals surface area contributed by atoms with E-state index in [9.17, 15) is 0 Å². The molecular formula is C14H24N2S. The van der Waals surface area contributed by atoms with Gasteiger partial charge < -0.3 is 5.32 Å². The summed E-state index contributed by atoms with van der Waals surface area (Å²) in [7, 11) is 0. The van der Waals surface area contributed by atoms with E-state index in [1.165, 1.54) is 35.6 Å². The van der Waals surface area contributed by atoms with Gasteiger partial charge >= 0.3 is 0 Å². The lowest BCUT2D eigenvalue weighted by atomic mass is 9.87. The molecule has 1 unspecified atom stereocenters. The summed E-state index contributed by atoms with van der Waals surface area (Å²) in [5, 5.41) is 4.99. The van der Waals surface area contributed by atoms with Crippen LogP contribution in [0.5, 0.6) is 0 Å². The Morgan fingerprint density at radius 1 is 1.41 bits per heavy atom. The first-order valence-corrected chi connectivity index (χ1v) is 7.62. The van der Waals surface area contributed by atoms with Crippen molar-refractivity contribution in [3.05, 3.63) is 16.1 Å². The fourth-order valence-electron chi connectivity index (χ4n) is 2.49. The molecule has 1 atom stereocenters. The highest BCUT2D eigenvalue weighted by Gasteiger charge is 2.19. The third-order valence-electron chi connectivity index (χ3n) is 3.79. The average molecular weight is 252 g/mol. The van der Waals surface area contributed by atoms with Crippen molar-refractivity contribution in [3.8, 4) is 0 Å². The first kappa shape index (κ1) is 13.0. The molecule has 1 N–H and O–H groups in total. The Balaban J connectivity index is 1.74. The smallest absolute Gasteiger partial charge is 0.0968 e. The quantitative estimate of drug-likeness (QED) is 0.883. The summed E-state index contributed by atoms with van der Waals surface area (Å²) in [6.07, 6.45) is 7.47. The maximum absolute atomic E-state index is 4.47. The molecule has 2 rings (SSSR count). The molecule has 0 amide bonds. The van der Waals surface area contributed by atoms with Crippen LogP contribution in [0.4, 0.5) is 0 Å². The SMILES string of the molecule is Cc1cnc(C(C)CNC2CCC(C)CC2)s1. The Morgan fingerprint density at radius 2 is 2.12 bits per heavy atom. The number of aromatic nitrogens is 1. The predicted octanol–water partition coefficient (Wildman–Crippen LogP) is 3.72. The van der Waals surface area contributed by atoms with Crippen molar-refractivity contribution >= 4 is 11.3 Å². The molecular weight excluding hydrogens is 228 g/mol. The van der Waals surface area contributed by atoms with Crippen molar-refractivity contribution in [3.63, 3.8) is 0 Å². The highest BCUT2D eigenvalue weighted by molar-refractivity contribution is 7.11. The fourth-order valence-corrected chi connectivity index (χ4v) is 3.32. The van der Waals surface area contributed by atoms with Gasteiger partial charge in [-0.3, -0.25) is 0 Å². The van der Waals surface area contributed by atoms with Crippen LogP contribution in [0.15, 0.2) is 6.20 Å². The van der Waals surface area contributed by atoms with Gasteiger partial charge in [0.25, 0.3) is 0 Å². The summed E-state index contributed by atoms with van der Waals surface area (Å²) in [5.74, 6) is 1.49. The molecule has 0 aromatic carbocycles. The van der Waals surface area contributed by atoms with Crippen molar-refractivity contribution in [2.24, 2.45) is 5.92 Å². The first-order valence-electron chi connectivity index (χ1n) is 6.81. The molecule has 1 aromatic heterocycles. The summed E-state index contributed by atoms with van der Waals surface area (Å²) in [4.78, 5) is 5.79. The van der Waals surface area contributed by atoms with Gasteiger partial charge in [0.1, 0.15) is 0 Å². The topological polar surface area (TPSA) is 24.9 Å². The van der Waals surface area contributed by atoms with E-state index in [2.05, 4.69) is 31.1 Å². The zero-order valence-electron chi connectivity index (χ0n) is 11.2. The van der Waals surface area contributed by atoms with E-state index >= 15 is 0 Å². The van der Waals surface area contributed by atoms with Crippen molar-refractivity contribution in [2.75, 3.05) is 6.54 Å². The summed E-state index contributed by atoms with van der Waals surface area (Å²) in [6.45, 7) is 7.85. The minimum absolute atomic E-state index is 0.549. The van der Waals surface area contributed by atoms with Gasteiger partial charge in [0.2, 0.25) is 0 Å². The van der Waals surface area contributed by atoms with Gasteiger partial charge in [-0.15, -0.1) is 11.3 Å². The third-order valence-corrected chi connectivity index (χ3v) is 4.93. The molecule has 96 valence electrons. The standard InChI is InChI=1S/C14H24N2S/c1-10-4-6-13(7-5-10)15-8-11(2)14-16-9-12(3)17-14/h9-11,13,15H,4-8H2,1-3H3. The molecule has 1 heterocycles. The highest BCUT2D eigenvalue weighted by atomic mass is 32.1. The number of hydrogen-bond acceptors (Lipinski definition) is 3. The van der Waals surface area contributed by atoms with Crippen LogP contribution in [0.1, 0.15) is 55.3 Å². The summed E-state index contributed by atoms with van der Waals surface area (Å²) in [5.41, 5.74) is 0. The second-order valence-electron chi connectivity index (χ2n) is 5.58. The molecule has 0 saturated heterocycles. The van der Waals surface area contributed by atoms with Gasteiger partial charge in [0, 0.05) is 29.6 Å². The maximum Gasteiger partial charge on any atom is 0.0968 e. The molecule has 1 aliphatic carbocycles. The Hall–Kier alpha value is -0.410. The van der Waals surface area contributed by atoms with Gasteiger partial charge in [-0.1, -0.05) is 13.8 Å². The number of nitrogens with zero attached hydrogens (tertiary/aromatic N) is 1. The number of nitrogens with one attached hydrogen (secondary N) is 1. The Morgan fingerprint density at radius 3 is 2.71 bits per heavy atom. The number of aryl methyl sites for hydroxylation is 1. The minimum Gasteiger partial charge on any atom is -0.313 e. The van der Waals surface area contributed by atoms with Crippen molar-refractivity contribution in [1.82, 2.24) is 10.3 Å². The van der Waals surface area contributed by atoms with Crippen LogP contribution in [0, 0.1) is 12.8 Å². The van der Waals surface area contributed by atoms with Crippen molar-refractivity contribution in [1.29, 1.82) is 0 Å². The molecule has 1 saturated carbocycles. The van der Waals surface area contributed by atoms with E-state index in [4.69, 9.17) is 0 Å². The fraction of sp³-hybridized carbons (Fsp3) is 0.786. The molecule has 17 heavy (non-hydrogen) atoms. The lowest BCUT2D eigenvalue weighted by Gasteiger charge is -2.27. The molecule has 0 bridgehead atoms. The van der Waals surface area contributed by atoms with Gasteiger partial charge in [0.05, 0.1) is 5.01 Å². The lowest BCUT2D eigenvalue weighted by molar-refractivity contribution is 0.305. The minimum atomic E-state index is 0.549. The van der Waals surface area contributed by atoms with Crippen LogP contribution in [0.3, 0.4) is 0 Å². The number of rotatable bonds is 4. The molecule has 1 aliphatic rings. The average Bonchev–Trinajstić information content (AvgIpc) is 2.75. The number of hydrogen-bond donors (Lipinski definition) is 1. The van der Waals surface area contributed by atoms with Crippen LogP contribution < -0.4 is 5.32 Å². The van der Waals surface area contributed by atoms with Crippen LogP contribution in [0.2, 0.25) is 0 Å². The van der Waals surface area contributed by atoms with Gasteiger partial charge in [-0.05, 0) is 38.5 Å². The van der Waals surface area contributed by atoms with Crippen molar-refractivity contribution in [2.45, 2.75) is 58.4 Å². The van der Waals surface area contributed by atoms with Crippen LogP contribution in [-0.4, -0.2) is 17.6 Å². The van der Waals surface area contributed by atoms with Crippen LogP contribution in [0.25, 0.3) is 0 Å². The second-order valence-corrected chi connectivity index (χ2v) is 6.84. The highest BCUT2D eigenvalue weighted by Crippen LogP contribution is 2.25. The predicted molar refractivity (Wildman–Crippen MR) is 74.7 cm³/mol. The van der Waals surface area contributed by atoms with E-state index in [1.807, 2.05) is 17.5 Å². The van der Waals surface area contributed by atoms with Crippen LogP contribution in [-0.2, 0) is 0 Å². The van der Waals surface area contributed by atoms with Crippen molar-refractivity contribution < 1.29 is 0 Å². The summed E-state index contributed by atoms with van der Waals surface area (Å²) < 4.78 is 0. The zero-order chi connectivity index (χ0) is 12.3. The van der Waals surface area contributed by atoms with Gasteiger partial charge in [-0.2, -0.15) is 0 Å². The Kier molecular flexibility index (Phi) is 4.57. The zero-order valence-corrected chi connectivity index (χ0v) is 12.0. The van der Waals surface area contributed by atoms with E-state index in [-0.39, 0.29) is 0 Å². The molecule has 0 aliphatic heterocycles. The maximum atomic E-state index is 4.47. The van der Waals surface area contributed by atoms with E-state index in [0.29, 0.717) is 5.92 Å². The van der Waals surface area contributed by atoms with E-state index in [0.717, 1.165) is 18.5 Å². The van der Waals surface area contributed by atoms with Gasteiger partial charge in [0.15, 0.2) is 0 Å². The monoisotopic (exact) mass is 252 g/mol. The largest absolute Gasteiger partial charge is 0.313 e. The van der Waals surface area contributed by atoms with Gasteiger partial charge in [-0.25, -0.2) is 4.98 Å². The van der Waals surface area contributed by atoms with E-state index < -0.39 is 0 Å². The summed E-state index contributed by atoms with van der Waals surface area (Å²) >= 11 is 1.83. The number of thiazole rings is 1. The molecule has 0 spiro atoms.